The smallest absolute Gasteiger partial charge is 0.270 e. The Morgan fingerprint density at radius 2 is 2.08 bits per heavy atom. The van der Waals surface area contributed by atoms with Gasteiger partial charge in [0.2, 0.25) is 5.95 Å². The predicted octanol–water partition coefficient (Wildman–Crippen LogP) is 3.04. The summed E-state index contributed by atoms with van der Waals surface area (Å²) < 4.78 is 7.93. The van der Waals surface area contributed by atoms with Crippen LogP contribution >= 0.6 is 11.6 Å². The van der Waals surface area contributed by atoms with E-state index >= 15 is 0 Å². The average molecular weight is 340 g/mol. The van der Waals surface area contributed by atoms with Crippen molar-refractivity contribution in [3.05, 3.63) is 53.1 Å². The van der Waals surface area contributed by atoms with Gasteiger partial charge in [0, 0.05) is 24.5 Å². The van der Waals surface area contributed by atoms with Crippen molar-refractivity contribution in [2.45, 2.75) is 19.1 Å². The van der Waals surface area contributed by atoms with Crippen LogP contribution in [0.1, 0.15) is 5.56 Å². The van der Waals surface area contributed by atoms with Crippen molar-refractivity contribution in [3.8, 4) is 5.75 Å². The summed E-state index contributed by atoms with van der Waals surface area (Å²) in [7, 11) is 0. The molecule has 0 N–H and O–H groups in total. The second-order valence-electron chi connectivity index (χ2n) is 6.10. The van der Waals surface area contributed by atoms with Crippen LogP contribution in [0.3, 0.4) is 0 Å². The van der Waals surface area contributed by atoms with Gasteiger partial charge in [0.25, 0.3) is 5.91 Å². The Labute approximate surface area is 143 Å². The third kappa shape index (κ3) is 1.94. The van der Waals surface area contributed by atoms with Gasteiger partial charge in [0.15, 0.2) is 6.10 Å². The number of para-hydroxylation sites is 2. The molecule has 2 aromatic carbocycles. The van der Waals surface area contributed by atoms with Crippen molar-refractivity contribution in [2.24, 2.45) is 0 Å². The normalized spacial score (nSPS) is 18.5. The lowest BCUT2D eigenvalue weighted by molar-refractivity contribution is -0.124. The number of aromatic nitrogens is 2. The zero-order chi connectivity index (χ0) is 16.3. The Balaban J connectivity index is 1.46. The number of hydrogen-bond donors (Lipinski definition) is 0. The zero-order valence-corrected chi connectivity index (χ0v) is 13.5. The Hall–Kier alpha value is -2.53. The first-order valence-corrected chi connectivity index (χ1v) is 8.30. The Kier molecular flexibility index (Phi) is 2.88. The number of anilines is 1. The third-order valence-corrected chi connectivity index (χ3v) is 4.90. The van der Waals surface area contributed by atoms with Gasteiger partial charge < -0.3 is 9.30 Å². The molecule has 1 atom stereocenters. The lowest BCUT2D eigenvalue weighted by Gasteiger charge is -2.18. The fourth-order valence-corrected chi connectivity index (χ4v) is 3.72. The Morgan fingerprint density at radius 1 is 1.21 bits per heavy atom. The highest BCUT2D eigenvalue weighted by atomic mass is 35.5. The highest BCUT2D eigenvalue weighted by Crippen LogP contribution is 2.34. The number of nitrogens with zero attached hydrogens (tertiary/aromatic N) is 3. The van der Waals surface area contributed by atoms with Crippen molar-refractivity contribution in [1.29, 1.82) is 0 Å². The van der Waals surface area contributed by atoms with Gasteiger partial charge in [-0.05, 0) is 35.9 Å². The first kappa shape index (κ1) is 13.9. The first-order chi connectivity index (χ1) is 11.7. The molecule has 120 valence electrons. The van der Waals surface area contributed by atoms with Crippen LogP contribution in [0.4, 0.5) is 5.95 Å². The molecule has 6 heteroatoms. The highest BCUT2D eigenvalue weighted by Gasteiger charge is 2.37. The molecule has 0 spiro atoms. The molecule has 0 fully saturated rings. The van der Waals surface area contributed by atoms with E-state index in [-0.39, 0.29) is 5.91 Å². The second kappa shape index (κ2) is 4.98. The molecule has 1 amide bonds. The summed E-state index contributed by atoms with van der Waals surface area (Å²) in [5.41, 5.74) is 2.95. The first-order valence-electron chi connectivity index (χ1n) is 7.92. The topological polar surface area (TPSA) is 47.4 Å². The number of carbonyl (C=O) groups is 1. The van der Waals surface area contributed by atoms with Crippen molar-refractivity contribution in [1.82, 2.24) is 9.55 Å². The molecule has 1 aromatic heterocycles. The maximum atomic E-state index is 13.0. The van der Waals surface area contributed by atoms with E-state index in [0.717, 1.165) is 28.9 Å². The molecule has 0 saturated heterocycles. The van der Waals surface area contributed by atoms with Gasteiger partial charge in [0.1, 0.15) is 5.75 Å². The molecule has 0 radical (unpaired) electrons. The number of hydrogen-bond acceptors (Lipinski definition) is 3. The predicted molar refractivity (Wildman–Crippen MR) is 91.7 cm³/mol. The van der Waals surface area contributed by atoms with Crippen LogP contribution in [-0.4, -0.2) is 28.1 Å². The summed E-state index contributed by atoms with van der Waals surface area (Å²) in [6, 6.07) is 13.4. The van der Waals surface area contributed by atoms with Crippen LogP contribution in [0.25, 0.3) is 11.0 Å². The fourth-order valence-electron chi connectivity index (χ4n) is 3.53. The quantitative estimate of drug-likeness (QED) is 0.684. The molecular formula is C18H14ClN3O2. The molecule has 24 heavy (non-hydrogen) atoms. The third-order valence-electron chi connectivity index (χ3n) is 4.66. The second-order valence-corrected chi connectivity index (χ2v) is 6.54. The Morgan fingerprint density at radius 3 is 3.00 bits per heavy atom. The zero-order valence-electron chi connectivity index (χ0n) is 12.8. The number of halogens is 1. The van der Waals surface area contributed by atoms with Gasteiger partial charge in [0.05, 0.1) is 11.0 Å². The van der Waals surface area contributed by atoms with Crippen molar-refractivity contribution in [3.63, 3.8) is 0 Å². The van der Waals surface area contributed by atoms with E-state index in [2.05, 4.69) is 9.55 Å². The van der Waals surface area contributed by atoms with Crippen molar-refractivity contribution in [2.75, 3.05) is 11.4 Å². The number of amides is 1. The minimum absolute atomic E-state index is 0.0450. The molecule has 3 aromatic rings. The number of imidazole rings is 1. The van der Waals surface area contributed by atoms with E-state index < -0.39 is 6.10 Å². The van der Waals surface area contributed by atoms with Crippen LogP contribution in [0.2, 0.25) is 5.02 Å². The summed E-state index contributed by atoms with van der Waals surface area (Å²) in [5.74, 6) is 1.40. The lowest BCUT2D eigenvalue weighted by atomic mass is 10.1. The van der Waals surface area contributed by atoms with Crippen LogP contribution < -0.4 is 9.64 Å². The summed E-state index contributed by atoms with van der Waals surface area (Å²) in [5, 5.41) is 0.661. The van der Waals surface area contributed by atoms with Crippen LogP contribution in [-0.2, 0) is 17.8 Å². The monoisotopic (exact) mass is 339 g/mol. The largest absolute Gasteiger partial charge is 0.480 e. The number of ether oxygens (including phenoxy) is 1. The summed E-state index contributed by atoms with van der Waals surface area (Å²) in [4.78, 5) is 19.3. The van der Waals surface area contributed by atoms with Gasteiger partial charge in [-0.15, -0.1) is 0 Å². The number of benzene rings is 2. The maximum absolute atomic E-state index is 13.0. The van der Waals surface area contributed by atoms with E-state index in [1.54, 1.807) is 11.0 Å². The van der Waals surface area contributed by atoms with Gasteiger partial charge >= 0.3 is 0 Å². The van der Waals surface area contributed by atoms with E-state index in [1.165, 1.54) is 0 Å². The number of rotatable bonds is 1. The van der Waals surface area contributed by atoms with Gasteiger partial charge in [-0.2, -0.15) is 0 Å². The lowest BCUT2D eigenvalue weighted by Crippen LogP contribution is -2.40. The Bertz CT molecular complexity index is 982. The molecule has 0 unspecified atom stereocenters. The van der Waals surface area contributed by atoms with Crippen LogP contribution in [0.5, 0.6) is 5.75 Å². The van der Waals surface area contributed by atoms with E-state index in [0.29, 0.717) is 23.9 Å². The van der Waals surface area contributed by atoms with E-state index in [1.807, 2.05) is 36.4 Å². The minimum atomic E-state index is -0.509. The molecular weight excluding hydrogens is 326 g/mol. The van der Waals surface area contributed by atoms with Crippen LogP contribution in [0.15, 0.2) is 42.5 Å². The van der Waals surface area contributed by atoms with Gasteiger partial charge in [-0.1, -0.05) is 23.7 Å². The molecule has 0 bridgehead atoms. The average Bonchev–Trinajstić information content (AvgIpc) is 3.26. The maximum Gasteiger partial charge on any atom is 0.270 e. The number of fused-ring (bicyclic) bond motifs is 4. The molecule has 0 saturated carbocycles. The molecule has 3 heterocycles. The highest BCUT2D eigenvalue weighted by molar-refractivity contribution is 6.30. The fraction of sp³-hybridized carbons (Fsp3) is 0.222. The molecule has 2 aliphatic rings. The van der Waals surface area contributed by atoms with Crippen molar-refractivity contribution < 1.29 is 9.53 Å². The van der Waals surface area contributed by atoms with Crippen molar-refractivity contribution >= 4 is 34.5 Å². The molecule has 2 aliphatic heterocycles. The summed E-state index contributed by atoms with van der Waals surface area (Å²) >= 11 is 6.03. The summed E-state index contributed by atoms with van der Waals surface area (Å²) in [6.07, 6.45) is 0.0377. The molecule has 0 aliphatic carbocycles. The molecule has 5 nitrogen and oxygen atoms in total. The van der Waals surface area contributed by atoms with E-state index in [4.69, 9.17) is 16.3 Å². The van der Waals surface area contributed by atoms with Crippen LogP contribution in [0, 0.1) is 0 Å². The van der Waals surface area contributed by atoms with Gasteiger partial charge in [-0.25, -0.2) is 4.98 Å². The molecule has 5 rings (SSSR count). The summed E-state index contributed by atoms with van der Waals surface area (Å²) in [6.45, 7) is 1.38. The number of carbonyl (C=O) groups excluding carboxylic acids is 1. The van der Waals surface area contributed by atoms with E-state index in [9.17, 15) is 4.79 Å². The standard InChI is InChI=1S/C18H14ClN3O2/c19-12-5-6-15-11(9-12)10-16(24-15)17(23)22-8-7-21-14-4-2-1-3-13(14)20-18(21)22/h1-6,9,16H,7-8,10H2/t16-/m1/s1. The van der Waals surface area contributed by atoms with Gasteiger partial charge in [-0.3, -0.25) is 9.69 Å². The minimum Gasteiger partial charge on any atom is -0.480 e. The SMILES string of the molecule is O=C([C@H]1Cc2cc(Cl)ccc2O1)N1CCn2c1nc1ccccc12.